The first-order valence-electron chi connectivity index (χ1n) is 6.64. The molecule has 1 heterocycles. The van der Waals surface area contributed by atoms with Crippen LogP contribution in [0.5, 0.6) is 0 Å². The Bertz CT molecular complexity index is 509. The van der Waals surface area contributed by atoms with Crippen molar-refractivity contribution in [3.63, 3.8) is 0 Å². The lowest BCUT2D eigenvalue weighted by Crippen LogP contribution is -2.10. The van der Waals surface area contributed by atoms with E-state index in [1.54, 1.807) is 0 Å². The molecule has 0 radical (unpaired) electrons. The minimum absolute atomic E-state index is 0.687. The highest BCUT2D eigenvalue weighted by Crippen LogP contribution is 2.38. The maximum atomic E-state index is 4.28. The molecule has 18 heavy (non-hydrogen) atoms. The van der Waals surface area contributed by atoms with Crippen LogP contribution in [0.3, 0.4) is 0 Å². The second-order valence-corrected chi connectivity index (χ2v) is 4.97. The molecule has 1 aromatic heterocycles. The number of hydrogen-bond acceptors (Lipinski definition) is 2. The highest BCUT2D eigenvalue weighted by molar-refractivity contribution is 5.59. The van der Waals surface area contributed by atoms with E-state index in [1.807, 2.05) is 19.6 Å². The summed E-state index contributed by atoms with van der Waals surface area (Å²) in [7, 11) is 1.99. The van der Waals surface area contributed by atoms with Gasteiger partial charge in [0.05, 0.1) is 18.2 Å². The molecule has 1 aromatic carbocycles. The van der Waals surface area contributed by atoms with E-state index in [4.69, 9.17) is 0 Å². The molecule has 1 saturated carbocycles. The van der Waals surface area contributed by atoms with Crippen molar-refractivity contribution >= 4 is 0 Å². The van der Waals surface area contributed by atoms with Crippen molar-refractivity contribution in [2.24, 2.45) is 0 Å². The molecular weight excluding hydrogens is 222 g/mol. The van der Waals surface area contributed by atoms with Crippen LogP contribution in [0.4, 0.5) is 0 Å². The van der Waals surface area contributed by atoms with Gasteiger partial charge in [-0.05, 0) is 44.0 Å². The number of rotatable bonds is 5. The molecule has 94 valence electrons. The van der Waals surface area contributed by atoms with Gasteiger partial charge in [0.15, 0.2) is 0 Å². The van der Waals surface area contributed by atoms with Crippen molar-refractivity contribution in [3.05, 3.63) is 42.4 Å². The first-order valence-corrected chi connectivity index (χ1v) is 6.64. The van der Waals surface area contributed by atoms with Gasteiger partial charge in [0.1, 0.15) is 0 Å². The fraction of sp³-hybridized carbons (Fsp3) is 0.400. The quantitative estimate of drug-likeness (QED) is 0.872. The Labute approximate surface area is 108 Å². The molecular formula is C15H19N3. The number of hydrogen-bond donors (Lipinski definition) is 1. The SMILES string of the molecule is CNCCc1ccc(-c2cncn2C2CC2)cc1. The lowest BCUT2D eigenvalue weighted by molar-refractivity contribution is 0.748. The fourth-order valence-corrected chi connectivity index (χ4v) is 2.28. The zero-order valence-electron chi connectivity index (χ0n) is 10.8. The molecule has 0 aliphatic heterocycles. The highest BCUT2D eigenvalue weighted by atomic mass is 15.1. The average Bonchev–Trinajstić information content (AvgIpc) is 3.15. The number of nitrogens with zero attached hydrogens (tertiary/aromatic N) is 2. The Kier molecular flexibility index (Phi) is 3.15. The second-order valence-electron chi connectivity index (χ2n) is 4.97. The summed E-state index contributed by atoms with van der Waals surface area (Å²) in [6.45, 7) is 1.03. The molecule has 3 rings (SSSR count). The van der Waals surface area contributed by atoms with Gasteiger partial charge in [-0.3, -0.25) is 0 Å². The van der Waals surface area contributed by atoms with Crippen molar-refractivity contribution in [2.45, 2.75) is 25.3 Å². The highest BCUT2D eigenvalue weighted by Gasteiger charge is 2.25. The lowest BCUT2D eigenvalue weighted by Gasteiger charge is -2.07. The number of imidazole rings is 1. The normalized spacial score (nSPS) is 14.9. The van der Waals surface area contributed by atoms with Crippen molar-refractivity contribution < 1.29 is 0 Å². The summed E-state index contributed by atoms with van der Waals surface area (Å²) in [6.07, 6.45) is 7.61. The molecule has 1 fully saturated rings. The van der Waals surface area contributed by atoms with Crippen LogP contribution in [-0.2, 0) is 6.42 Å². The van der Waals surface area contributed by atoms with E-state index in [1.165, 1.54) is 29.7 Å². The first kappa shape index (κ1) is 11.5. The predicted octanol–water partition coefficient (Wildman–Crippen LogP) is 2.65. The smallest absolute Gasteiger partial charge is 0.0953 e. The van der Waals surface area contributed by atoms with Gasteiger partial charge >= 0.3 is 0 Å². The monoisotopic (exact) mass is 241 g/mol. The van der Waals surface area contributed by atoms with Gasteiger partial charge in [-0.1, -0.05) is 24.3 Å². The van der Waals surface area contributed by atoms with Crippen LogP contribution >= 0.6 is 0 Å². The minimum atomic E-state index is 0.687. The Morgan fingerprint density at radius 3 is 2.72 bits per heavy atom. The summed E-state index contributed by atoms with van der Waals surface area (Å²) in [5, 5.41) is 3.18. The molecule has 0 unspecified atom stereocenters. The van der Waals surface area contributed by atoms with Crippen molar-refractivity contribution in [2.75, 3.05) is 13.6 Å². The van der Waals surface area contributed by atoms with E-state index in [2.05, 4.69) is 39.1 Å². The van der Waals surface area contributed by atoms with Crippen molar-refractivity contribution in [1.82, 2.24) is 14.9 Å². The Hall–Kier alpha value is -1.61. The maximum absolute atomic E-state index is 4.28. The second kappa shape index (κ2) is 4.94. The number of nitrogens with one attached hydrogen (secondary N) is 1. The molecule has 1 aliphatic rings. The predicted molar refractivity (Wildman–Crippen MR) is 73.6 cm³/mol. The molecule has 3 heteroatoms. The largest absolute Gasteiger partial charge is 0.328 e. The molecule has 2 aromatic rings. The summed E-state index contributed by atoms with van der Waals surface area (Å²) in [6, 6.07) is 9.54. The zero-order chi connectivity index (χ0) is 12.4. The summed E-state index contributed by atoms with van der Waals surface area (Å²) >= 11 is 0. The number of aromatic nitrogens is 2. The average molecular weight is 241 g/mol. The van der Waals surface area contributed by atoms with Crippen LogP contribution in [0.25, 0.3) is 11.3 Å². The van der Waals surface area contributed by atoms with Crippen LogP contribution in [0.1, 0.15) is 24.4 Å². The van der Waals surface area contributed by atoms with Gasteiger partial charge in [-0.25, -0.2) is 4.98 Å². The summed E-state index contributed by atoms with van der Waals surface area (Å²) < 4.78 is 2.31. The summed E-state index contributed by atoms with van der Waals surface area (Å²) in [4.78, 5) is 4.28. The van der Waals surface area contributed by atoms with E-state index in [-0.39, 0.29) is 0 Å². The number of likely N-dealkylation sites (N-methyl/N-ethyl adjacent to an activating group) is 1. The van der Waals surface area contributed by atoms with Gasteiger partial charge < -0.3 is 9.88 Å². The van der Waals surface area contributed by atoms with Crippen LogP contribution in [0.15, 0.2) is 36.8 Å². The standard InChI is InChI=1S/C15H19N3/c1-16-9-8-12-2-4-13(5-3-12)15-10-17-11-18(15)14-6-7-14/h2-5,10-11,14,16H,6-9H2,1H3. The molecule has 0 amide bonds. The van der Waals surface area contributed by atoms with Crippen LogP contribution in [-0.4, -0.2) is 23.1 Å². The Morgan fingerprint density at radius 1 is 1.28 bits per heavy atom. The maximum Gasteiger partial charge on any atom is 0.0953 e. The Balaban J connectivity index is 1.81. The molecule has 1 N–H and O–H groups in total. The van der Waals surface area contributed by atoms with E-state index < -0.39 is 0 Å². The summed E-state index contributed by atoms with van der Waals surface area (Å²) in [5.41, 5.74) is 3.90. The van der Waals surface area contributed by atoms with E-state index >= 15 is 0 Å². The van der Waals surface area contributed by atoms with Gasteiger partial charge in [-0.2, -0.15) is 0 Å². The molecule has 0 bridgehead atoms. The van der Waals surface area contributed by atoms with Gasteiger partial charge in [-0.15, -0.1) is 0 Å². The van der Waals surface area contributed by atoms with Crippen molar-refractivity contribution in [3.8, 4) is 11.3 Å². The van der Waals surface area contributed by atoms with E-state index in [9.17, 15) is 0 Å². The fourth-order valence-electron chi connectivity index (χ4n) is 2.28. The van der Waals surface area contributed by atoms with Gasteiger partial charge in [0.2, 0.25) is 0 Å². The topological polar surface area (TPSA) is 29.9 Å². The Morgan fingerprint density at radius 2 is 2.06 bits per heavy atom. The van der Waals surface area contributed by atoms with E-state index in [0.717, 1.165) is 13.0 Å². The van der Waals surface area contributed by atoms with Crippen LogP contribution < -0.4 is 5.32 Å². The lowest BCUT2D eigenvalue weighted by atomic mass is 10.1. The van der Waals surface area contributed by atoms with Crippen LogP contribution in [0, 0.1) is 0 Å². The molecule has 1 aliphatic carbocycles. The summed E-state index contributed by atoms with van der Waals surface area (Å²) in [5.74, 6) is 0. The third-order valence-electron chi connectivity index (χ3n) is 3.52. The molecule has 0 atom stereocenters. The molecule has 0 saturated heterocycles. The van der Waals surface area contributed by atoms with Gasteiger partial charge in [0.25, 0.3) is 0 Å². The van der Waals surface area contributed by atoms with Crippen molar-refractivity contribution in [1.29, 1.82) is 0 Å². The third-order valence-corrected chi connectivity index (χ3v) is 3.52. The van der Waals surface area contributed by atoms with E-state index in [0.29, 0.717) is 6.04 Å². The first-order chi connectivity index (χ1) is 8.88. The molecule has 0 spiro atoms. The van der Waals surface area contributed by atoms with Gasteiger partial charge in [0, 0.05) is 6.04 Å². The number of benzene rings is 1. The zero-order valence-corrected chi connectivity index (χ0v) is 10.8. The van der Waals surface area contributed by atoms with Crippen LogP contribution in [0.2, 0.25) is 0 Å². The third kappa shape index (κ3) is 2.31. The molecule has 3 nitrogen and oxygen atoms in total. The minimum Gasteiger partial charge on any atom is -0.328 e.